The molecule has 0 spiro atoms. The van der Waals surface area contributed by atoms with Gasteiger partial charge >= 0.3 is 0 Å². The van der Waals surface area contributed by atoms with E-state index in [1.165, 1.54) is 37.4 Å². The van der Waals surface area contributed by atoms with E-state index in [9.17, 15) is 9.18 Å². The maximum Gasteiger partial charge on any atom is 0.209 e. The first-order valence-corrected chi connectivity index (χ1v) is 9.88. The summed E-state index contributed by atoms with van der Waals surface area (Å²) in [6.07, 6.45) is 0. The van der Waals surface area contributed by atoms with Gasteiger partial charge < -0.3 is 10.1 Å². The van der Waals surface area contributed by atoms with E-state index in [1.807, 2.05) is 6.07 Å². The van der Waals surface area contributed by atoms with E-state index in [-0.39, 0.29) is 5.71 Å². The molecule has 0 heterocycles. The predicted octanol–water partition coefficient (Wildman–Crippen LogP) is 4.78. The molecule has 0 aromatic heterocycles. The monoisotopic (exact) mass is 446 g/mol. The standard InChI is InChI=1S/C24H19FN4O2S/c1-31-20-7-3-6-19(13-20)28-23(16-8-10-18(25)11-9-16)24(30)21(27)22(29-32)17-5-2-4-15(12-17)14-26/h2-13,23,27-28,32H,1H3. The van der Waals surface area contributed by atoms with Crippen molar-refractivity contribution in [1.82, 2.24) is 0 Å². The van der Waals surface area contributed by atoms with Gasteiger partial charge in [-0.2, -0.15) is 5.26 Å². The number of methoxy groups -OCH3 is 1. The van der Waals surface area contributed by atoms with Gasteiger partial charge in [-0.25, -0.2) is 8.79 Å². The van der Waals surface area contributed by atoms with E-state index < -0.39 is 23.4 Å². The third kappa shape index (κ3) is 5.20. The predicted molar refractivity (Wildman–Crippen MR) is 125 cm³/mol. The number of benzene rings is 3. The number of anilines is 1. The average molecular weight is 447 g/mol. The highest BCUT2D eigenvalue weighted by Gasteiger charge is 2.28. The minimum absolute atomic E-state index is 0.0231. The Hall–Kier alpha value is -3.96. The number of ketones is 1. The molecule has 160 valence electrons. The summed E-state index contributed by atoms with van der Waals surface area (Å²) >= 11 is 3.94. The number of Topliss-reactive ketones (excluding diaryl/α,β-unsaturated/α-hetero) is 1. The molecule has 0 radical (unpaired) electrons. The molecule has 0 bridgehead atoms. The van der Waals surface area contributed by atoms with Crippen molar-refractivity contribution in [3.8, 4) is 11.8 Å². The molecule has 3 rings (SSSR count). The summed E-state index contributed by atoms with van der Waals surface area (Å²) in [7, 11) is 1.53. The zero-order valence-corrected chi connectivity index (χ0v) is 17.9. The Morgan fingerprint density at radius 1 is 1.16 bits per heavy atom. The molecule has 32 heavy (non-hydrogen) atoms. The lowest BCUT2D eigenvalue weighted by Gasteiger charge is -2.20. The average Bonchev–Trinajstić information content (AvgIpc) is 2.83. The van der Waals surface area contributed by atoms with Crippen molar-refractivity contribution < 1.29 is 13.9 Å². The zero-order valence-electron chi connectivity index (χ0n) is 17.0. The Kier molecular flexibility index (Phi) is 7.37. The van der Waals surface area contributed by atoms with Crippen LogP contribution in [0.3, 0.4) is 0 Å². The maximum absolute atomic E-state index is 13.5. The number of nitrogens with zero attached hydrogens (tertiary/aromatic N) is 2. The zero-order chi connectivity index (χ0) is 23.1. The lowest BCUT2D eigenvalue weighted by Crippen LogP contribution is -2.32. The Labute approximate surface area is 190 Å². The second-order valence-corrected chi connectivity index (χ2v) is 6.94. The van der Waals surface area contributed by atoms with Gasteiger partial charge in [0.2, 0.25) is 5.78 Å². The van der Waals surface area contributed by atoms with Crippen LogP contribution >= 0.6 is 12.8 Å². The van der Waals surface area contributed by atoms with Crippen LogP contribution in [0.25, 0.3) is 0 Å². The van der Waals surface area contributed by atoms with E-state index in [4.69, 9.17) is 15.4 Å². The van der Waals surface area contributed by atoms with Gasteiger partial charge in [0, 0.05) is 17.3 Å². The van der Waals surface area contributed by atoms with E-state index in [0.29, 0.717) is 28.1 Å². The minimum Gasteiger partial charge on any atom is -0.497 e. The summed E-state index contributed by atoms with van der Waals surface area (Å²) in [5.74, 6) is -0.460. The summed E-state index contributed by atoms with van der Waals surface area (Å²) in [5.41, 5.74) is 1.44. The first kappa shape index (κ1) is 22.7. The smallest absolute Gasteiger partial charge is 0.209 e. The second kappa shape index (κ2) is 10.4. The van der Waals surface area contributed by atoms with Crippen LogP contribution in [-0.4, -0.2) is 24.3 Å². The maximum atomic E-state index is 13.5. The van der Waals surface area contributed by atoms with E-state index >= 15 is 0 Å². The van der Waals surface area contributed by atoms with Crippen LogP contribution in [0, 0.1) is 22.6 Å². The third-order valence-electron chi connectivity index (χ3n) is 4.69. The molecular formula is C24H19FN4O2S. The van der Waals surface area contributed by atoms with Crippen LogP contribution in [0.1, 0.15) is 22.7 Å². The van der Waals surface area contributed by atoms with Gasteiger partial charge in [0.05, 0.1) is 18.7 Å². The Morgan fingerprint density at radius 2 is 1.88 bits per heavy atom. The first-order valence-electron chi connectivity index (χ1n) is 9.48. The van der Waals surface area contributed by atoms with Gasteiger partial charge in [-0.3, -0.25) is 10.2 Å². The fourth-order valence-corrected chi connectivity index (χ4v) is 3.30. The van der Waals surface area contributed by atoms with Crippen molar-refractivity contribution in [3.63, 3.8) is 0 Å². The molecule has 0 fully saturated rings. The van der Waals surface area contributed by atoms with Crippen LogP contribution in [0.2, 0.25) is 0 Å². The molecule has 2 N–H and O–H groups in total. The van der Waals surface area contributed by atoms with Crippen LogP contribution in [0.5, 0.6) is 5.75 Å². The fourth-order valence-electron chi connectivity index (χ4n) is 3.08. The van der Waals surface area contributed by atoms with Gasteiger partial charge in [0.15, 0.2) is 0 Å². The SMILES string of the molecule is COc1cccc(NC(C(=O)C(=N)C(=NS)c2cccc(C#N)c2)c2ccc(F)cc2)c1. The number of ether oxygens (including phenoxy) is 1. The normalized spacial score (nSPS) is 11.9. The van der Waals surface area contributed by atoms with Gasteiger partial charge in [-0.15, -0.1) is 0 Å². The fraction of sp³-hybridized carbons (Fsp3) is 0.0833. The molecule has 3 aromatic carbocycles. The lowest BCUT2D eigenvalue weighted by atomic mass is 9.94. The van der Waals surface area contributed by atoms with Crippen LogP contribution in [0.15, 0.2) is 77.2 Å². The molecule has 0 aliphatic heterocycles. The number of halogens is 1. The van der Waals surface area contributed by atoms with Crippen molar-refractivity contribution >= 4 is 35.7 Å². The number of nitriles is 1. The highest BCUT2D eigenvalue weighted by Crippen LogP contribution is 2.25. The van der Waals surface area contributed by atoms with Crippen molar-refractivity contribution in [3.05, 3.63) is 95.3 Å². The van der Waals surface area contributed by atoms with E-state index in [0.717, 1.165) is 0 Å². The number of thiol groups is 1. The number of nitrogens with one attached hydrogen (secondary N) is 2. The van der Waals surface area contributed by atoms with Gasteiger partial charge in [0.1, 0.15) is 29.0 Å². The van der Waals surface area contributed by atoms with Crippen LogP contribution < -0.4 is 10.1 Å². The van der Waals surface area contributed by atoms with E-state index in [2.05, 4.69) is 22.5 Å². The molecule has 1 atom stereocenters. The lowest BCUT2D eigenvalue weighted by molar-refractivity contribution is -0.113. The summed E-state index contributed by atoms with van der Waals surface area (Å²) in [5, 5.41) is 20.8. The van der Waals surface area contributed by atoms with Crippen molar-refractivity contribution in [2.24, 2.45) is 4.40 Å². The van der Waals surface area contributed by atoms with Crippen molar-refractivity contribution in [2.45, 2.75) is 6.04 Å². The molecular weight excluding hydrogens is 427 g/mol. The topological polar surface area (TPSA) is 98.3 Å². The Morgan fingerprint density at radius 3 is 2.53 bits per heavy atom. The van der Waals surface area contributed by atoms with Gasteiger partial charge in [-0.05, 0) is 54.8 Å². The molecule has 3 aromatic rings. The molecule has 6 nitrogen and oxygen atoms in total. The van der Waals surface area contributed by atoms with Gasteiger partial charge in [0.25, 0.3) is 0 Å². The molecule has 0 aliphatic carbocycles. The largest absolute Gasteiger partial charge is 0.497 e. The van der Waals surface area contributed by atoms with Gasteiger partial charge in [-0.1, -0.05) is 30.3 Å². The summed E-state index contributed by atoms with van der Waals surface area (Å²) < 4.78 is 22.5. The highest BCUT2D eigenvalue weighted by molar-refractivity contribution is 7.79. The Balaban J connectivity index is 1.98. The van der Waals surface area contributed by atoms with Crippen LogP contribution in [0.4, 0.5) is 10.1 Å². The number of carbonyl (C=O) groups is 1. The summed E-state index contributed by atoms with van der Waals surface area (Å²) in [4.78, 5) is 13.4. The molecule has 0 saturated carbocycles. The minimum atomic E-state index is -1.00. The Bertz CT molecular complexity index is 1220. The molecule has 0 amide bonds. The molecule has 8 heteroatoms. The highest BCUT2D eigenvalue weighted by atomic mass is 32.1. The second-order valence-electron chi connectivity index (χ2n) is 6.74. The molecule has 0 aliphatic rings. The first-order chi connectivity index (χ1) is 15.5. The van der Waals surface area contributed by atoms with Crippen molar-refractivity contribution in [1.29, 1.82) is 10.7 Å². The summed E-state index contributed by atoms with van der Waals surface area (Å²) in [6.45, 7) is 0. The molecule has 1 unspecified atom stereocenters. The van der Waals surface area contributed by atoms with E-state index in [1.54, 1.807) is 42.5 Å². The summed E-state index contributed by atoms with van der Waals surface area (Å²) in [6, 6.07) is 19.8. The third-order valence-corrected chi connectivity index (χ3v) is 4.89. The van der Waals surface area contributed by atoms with Crippen LogP contribution in [-0.2, 0) is 4.79 Å². The van der Waals surface area contributed by atoms with Crippen molar-refractivity contribution in [2.75, 3.05) is 12.4 Å². The quantitative estimate of drug-likeness (QED) is 0.342. The number of carbonyl (C=O) groups excluding carboxylic acids is 1. The number of hydrogen-bond acceptors (Lipinski definition) is 7. The molecule has 0 saturated heterocycles. The number of rotatable bonds is 8. The number of hydrogen-bond donors (Lipinski definition) is 3.